The molecule has 1 N–H and O–H groups in total. The third-order valence-corrected chi connectivity index (χ3v) is 6.20. The maximum atomic E-state index is 12.6. The van der Waals surface area contributed by atoms with Crippen molar-refractivity contribution in [2.24, 2.45) is 0 Å². The molecule has 9 heteroatoms. The summed E-state index contributed by atoms with van der Waals surface area (Å²) >= 11 is 0. The molecule has 0 saturated carbocycles. The molecule has 1 aromatic rings. The van der Waals surface area contributed by atoms with E-state index in [-0.39, 0.29) is 24.6 Å². The fourth-order valence-corrected chi connectivity index (χ4v) is 4.67. The molecule has 0 radical (unpaired) electrons. The van der Waals surface area contributed by atoms with E-state index in [0.29, 0.717) is 37.4 Å². The average Bonchev–Trinajstić information content (AvgIpc) is 2.93. The van der Waals surface area contributed by atoms with Gasteiger partial charge in [-0.2, -0.15) is 0 Å². The summed E-state index contributed by atoms with van der Waals surface area (Å²) in [7, 11) is -3.25. The van der Waals surface area contributed by atoms with Crippen molar-refractivity contribution >= 4 is 27.6 Å². The van der Waals surface area contributed by atoms with Crippen LogP contribution in [0.25, 0.3) is 0 Å². The van der Waals surface area contributed by atoms with E-state index in [1.54, 1.807) is 29.2 Å². The molecular weight excluding hydrogens is 348 g/mol. The van der Waals surface area contributed by atoms with Gasteiger partial charge in [-0.05, 0) is 30.7 Å². The molecule has 0 bridgehead atoms. The zero-order valence-corrected chi connectivity index (χ0v) is 14.4. The number of morpholine rings is 1. The molecule has 1 atom stereocenters. The van der Waals surface area contributed by atoms with Crippen LogP contribution in [0, 0.1) is 0 Å². The van der Waals surface area contributed by atoms with Crippen molar-refractivity contribution < 1.29 is 27.9 Å². The maximum Gasteiger partial charge on any atom is 0.306 e. The molecule has 2 saturated heterocycles. The second kappa shape index (κ2) is 7.01. The van der Waals surface area contributed by atoms with E-state index in [1.807, 2.05) is 0 Å². The Kier molecular flexibility index (Phi) is 4.96. The van der Waals surface area contributed by atoms with Crippen molar-refractivity contribution in [1.82, 2.24) is 4.90 Å². The van der Waals surface area contributed by atoms with Crippen molar-refractivity contribution in [3.8, 4) is 0 Å². The average molecular weight is 368 g/mol. The zero-order valence-electron chi connectivity index (χ0n) is 13.6. The van der Waals surface area contributed by atoms with Crippen molar-refractivity contribution in [1.29, 1.82) is 0 Å². The Balaban J connectivity index is 1.69. The van der Waals surface area contributed by atoms with E-state index in [9.17, 15) is 18.0 Å². The van der Waals surface area contributed by atoms with Gasteiger partial charge in [0.05, 0.1) is 30.6 Å². The number of amides is 1. The lowest BCUT2D eigenvalue weighted by molar-refractivity contribution is -0.141. The van der Waals surface area contributed by atoms with Gasteiger partial charge in [-0.1, -0.05) is 0 Å². The predicted molar refractivity (Wildman–Crippen MR) is 90.1 cm³/mol. The van der Waals surface area contributed by atoms with E-state index < -0.39 is 22.1 Å². The summed E-state index contributed by atoms with van der Waals surface area (Å²) in [4.78, 5) is 24.9. The maximum absolute atomic E-state index is 12.6. The number of carbonyl (C=O) groups excluding carboxylic acids is 1. The quantitative estimate of drug-likeness (QED) is 0.832. The zero-order chi connectivity index (χ0) is 18.0. The van der Waals surface area contributed by atoms with Crippen LogP contribution in [0.5, 0.6) is 0 Å². The molecule has 25 heavy (non-hydrogen) atoms. The van der Waals surface area contributed by atoms with Crippen LogP contribution in [0.1, 0.15) is 23.2 Å². The SMILES string of the molecule is O=C(O)C[C@@H]1CN(C(=O)c2ccc(N3CCCS3(=O)=O)cc2)CCO1. The summed E-state index contributed by atoms with van der Waals surface area (Å²) in [6, 6.07) is 6.47. The number of hydrogen-bond acceptors (Lipinski definition) is 5. The number of nitrogens with zero attached hydrogens (tertiary/aromatic N) is 2. The Hall–Kier alpha value is -2.13. The summed E-state index contributed by atoms with van der Waals surface area (Å²) in [5.74, 6) is -1.03. The van der Waals surface area contributed by atoms with Gasteiger partial charge >= 0.3 is 5.97 Å². The van der Waals surface area contributed by atoms with Crippen molar-refractivity contribution in [2.45, 2.75) is 18.9 Å². The Labute approximate surface area is 146 Å². The van der Waals surface area contributed by atoms with E-state index in [1.165, 1.54) is 4.31 Å². The summed E-state index contributed by atoms with van der Waals surface area (Å²) in [5.41, 5.74) is 0.996. The number of ether oxygens (including phenoxy) is 1. The molecule has 0 spiro atoms. The van der Waals surface area contributed by atoms with Gasteiger partial charge in [0.2, 0.25) is 10.0 Å². The number of benzene rings is 1. The fourth-order valence-electron chi connectivity index (χ4n) is 3.10. The molecule has 2 aliphatic rings. The largest absolute Gasteiger partial charge is 0.481 e. The van der Waals surface area contributed by atoms with Gasteiger partial charge in [-0.25, -0.2) is 8.42 Å². The van der Waals surface area contributed by atoms with Crippen LogP contribution in [0.4, 0.5) is 5.69 Å². The third-order valence-electron chi connectivity index (χ3n) is 4.33. The normalized spacial score (nSPS) is 22.8. The molecule has 0 aromatic heterocycles. The first-order valence-electron chi connectivity index (χ1n) is 8.10. The fraction of sp³-hybridized carbons (Fsp3) is 0.500. The van der Waals surface area contributed by atoms with Gasteiger partial charge in [0.15, 0.2) is 0 Å². The van der Waals surface area contributed by atoms with Gasteiger partial charge in [0, 0.05) is 25.2 Å². The van der Waals surface area contributed by atoms with E-state index in [0.717, 1.165) is 0 Å². The van der Waals surface area contributed by atoms with Crippen LogP contribution in [0.2, 0.25) is 0 Å². The Bertz CT molecular complexity index is 761. The summed E-state index contributed by atoms with van der Waals surface area (Å²) in [5, 5.41) is 8.85. The summed E-state index contributed by atoms with van der Waals surface area (Å²) in [6.45, 7) is 1.38. The molecule has 1 aromatic carbocycles. The number of carboxylic acid groups (broad SMARTS) is 1. The summed E-state index contributed by atoms with van der Waals surface area (Å²) < 4.78 is 30.6. The number of anilines is 1. The molecule has 3 rings (SSSR count). The molecule has 0 aliphatic carbocycles. The lowest BCUT2D eigenvalue weighted by Crippen LogP contribution is -2.46. The Morgan fingerprint density at radius 1 is 1.20 bits per heavy atom. The summed E-state index contributed by atoms with van der Waals surface area (Å²) in [6.07, 6.45) is -0.0543. The topological polar surface area (TPSA) is 104 Å². The minimum absolute atomic E-state index is 0.143. The number of aliphatic carboxylic acids is 1. The van der Waals surface area contributed by atoms with Gasteiger partial charge in [-0.3, -0.25) is 13.9 Å². The van der Waals surface area contributed by atoms with Crippen LogP contribution < -0.4 is 4.31 Å². The van der Waals surface area contributed by atoms with Crippen LogP contribution in [-0.4, -0.2) is 68.4 Å². The smallest absolute Gasteiger partial charge is 0.306 e. The second-order valence-corrected chi connectivity index (χ2v) is 8.14. The van der Waals surface area contributed by atoms with Gasteiger partial charge < -0.3 is 14.7 Å². The van der Waals surface area contributed by atoms with Gasteiger partial charge in [0.1, 0.15) is 0 Å². The molecule has 8 nitrogen and oxygen atoms in total. The van der Waals surface area contributed by atoms with E-state index in [4.69, 9.17) is 9.84 Å². The highest BCUT2D eigenvalue weighted by molar-refractivity contribution is 7.93. The standard InChI is InChI=1S/C16H20N2O6S/c19-15(20)10-14-11-17(7-8-24-14)16(21)12-2-4-13(5-3-12)18-6-1-9-25(18,22)23/h2-5,14H,1,6-11H2,(H,19,20)/t14-/m1/s1. The molecular formula is C16H20N2O6S. The predicted octanol–water partition coefficient (Wildman–Crippen LogP) is 0.542. The first-order valence-corrected chi connectivity index (χ1v) is 9.71. The molecule has 2 fully saturated rings. The number of sulfonamides is 1. The minimum atomic E-state index is -3.25. The molecule has 2 heterocycles. The Morgan fingerprint density at radius 3 is 2.52 bits per heavy atom. The molecule has 136 valence electrons. The lowest BCUT2D eigenvalue weighted by Gasteiger charge is -2.32. The molecule has 2 aliphatic heterocycles. The van der Waals surface area contributed by atoms with Crippen molar-refractivity contribution in [3.63, 3.8) is 0 Å². The molecule has 1 amide bonds. The molecule has 0 unspecified atom stereocenters. The highest BCUT2D eigenvalue weighted by Crippen LogP contribution is 2.24. The van der Waals surface area contributed by atoms with Crippen LogP contribution in [-0.2, 0) is 19.6 Å². The number of carboxylic acids is 1. The van der Waals surface area contributed by atoms with Crippen LogP contribution in [0.3, 0.4) is 0 Å². The number of rotatable bonds is 4. The van der Waals surface area contributed by atoms with Gasteiger partial charge in [-0.15, -0.1) is 0 Å². The van der Waals surface area contributed by atoms with Gasteiger partial charge in [0.25, 0.3) is 5.91 Å². The Morgan fingerprint density at radius 2 is 1.92 bits per heavy atom. The first-order chi connectivity index (χ1) is 11.9. The highest BCUT2D eigenvalue weighted by Gasteiger charge is 2.29. The van der Waals surface area contributed by atoms with E-state index >= 15 is 0 Å². The van der Waals surface area contributed by atoms with Crippen LogP contribution in [0.15, 0.2) is 24.3 Å². The lowest BCUT2D eigenvalue weighted by atomic mass is 10.1. The number of hydrogen-bond donors (Lipinski definition) is 1. The van der Waals surface area contributed by atoms with Crippen molar-refractivity contribution in [2.75, 3.05) is 36.3 Å². The monoisotopic (exact) mass is 368 g/mol. The number of carbonyl (C=O) groups is 2. The first kappa shape index (κ1) is 17.7. The minimum Gasteiger partial charge on any atom is -0.481 e. The highest BCUT2D eigenvalue weighted by atomic mass is 32.2. The second-order valence-electron chi connectivity index (χ2n) is 6.13. The third kappa shape index (κ3) is 3.93. The van der Waals surface area contributed by atoms with E-state index in [2.05, 4.69) is 0 Å². The van der Waals surface area contributed by atoms with Crippen molar-refractivity contribution in [3.05, 3.63) is 29.8 Å². The van der Waals surface area contributed by atoms with Crippen LogP contribution >= 0.6 is 0 Å².